The normalized spacial score (nSPS) is 32.9. The van der Waals surface area contributed by atoms with Crippen molar-refractivity contribution in [1.82, 2.24) is 4.90 Å². The summed E-state index contributed by atoms with van der Waals surface area (Å²) in [4.78, 5) is 2.39. The number of likely N-dealkylation sites (tertiary alicyclic amines) is 1. The van der Waals surface area contributed by atoms with E-state index in [0.717, 1.165) is 51.0 Å². The molecule has 1 atom stereocenters. The average Bonchev–Trinajstić information content (AvgIpc) is 2.80. The fourth-order valence-corrected chi connectivity index (χ4v) is 2.58. The van der Waals surface area contributed by atoms with E-state index in [1.54, 1.807) is 0 Å². The second kappa shape index (κ2) is 6.36. The van der Waals surface area contributed by atoms with E-state index in [-0.39, 0.29) is 5.41 Å². The van der Waals surface area contributed by atoms with Gasteiger partial charge in [0.2, 0.25) is 0 Å². The second-order valence-electron chi connectivity index (χ2n) is 4.34. The molecule has 0 amide bonds. The summed E-state index contributed by atoms with van der Waals surface area (Å²) in [6.45, 7) is 10.7. The molecule has 1 spiro atoms. The zero-order valence-electron chi connectivity index (χ0n) is 10.8. The number of nitrogens with zero attached hydrogens (tertiary/aromatic N) is 1. The van der Waals surface area contributed by atoms with Crippen LogP contribution in [-0.2, 0) is 4.74 Å². The number of ether oxygens (including phenoxy) is 1. The summed E-state index contributed by atoms with van der Waals surface area (Å²) in [5, 5.41) is 0. The molecule has 2 nitrogen and oxygen atoms in total. The quantitative estimate of drug-likeness (QED) is 0.685. The summed E-state index contributed by atoms with van der Waals surface area (Å²) in [5.41, 5.74) is 0.975. The molecule has 2 fully saturated rings. The van der Waals surface area contributed by atoms with Crippen LogP contribution in [0.1, 0.15) is 33.6 Å². The molecule has 0 aliphatic carbocycles. The van der Waals surface area contributed by atoms with Gasteiger partial charge in [0, 0.05) is 25.1 Å². The Labute approximate surface area is 98.5 Å². The van der Waals surface area contributed by atoms with Crippen LogP contribution < -0.4 is 0 Å². The van der Waals surface area contributed by atoms with Crippen molar-refractivity contribution in [2.45, 2.75) is 33.6 Å². The predicted octanol–water partition coefficient (Wildman–Crippen LogP) is 3.00. The Balaban J connectivity index is 0.000000606. The van der Waals surface area contributed by atoms with Gasteiger partial charge in [-0.05, 0) is 25.0 Å². The Hall–Kier alpha value is -0.410. The highest BCUT2D eigenvalue weighted by Crippen LogP contribution is 2.41. The predicted molar refractivity (Wildman–Crippen MR) is 65.1 cm³/mol. The first-order valence-corrected chi connectivity index (χ1v) is 6.40. The molecule has 2 saturated heterocycles. The lowest BCUT2D eigenvalue weighted by Gasteiger charge is -2.40. The van der Waals surface area contributed by atoms with E-state index < -0.39 is 0 Å². The summed E-state index contributed by atoms with van der Waals surface area (Å²) in [5.74, 6) is 0. The van der Waals surface area contributed by atoms with Crippen LogP contribution in [0, 0.1) is 5.41 Å². The van der Waals surface area contributed by atoms with E-state index in [1.165, 1.54) is 0 Å². The molecule has 2 aliphatic heterocycles. The van der Waals surface area contributed by atoms with Crippen LogP contribution >= 0.6 is 0 Å². The van der Waals surface area contributed by atoms with Gasteiger partial charge in [-0.1, -0.05) is 20.8 Å². The Morgan fingerprint density at radius 3 is 2.75 bits per heavy atom. The molecule has 2 aliphatic rings. The highest BCUT2D eigenvalue weighted by atomic mass is 19.1. The summed E-state index contributed by atoms with van der Waals surface area (Å²) >= 11 is 0. The van der Waals surface area contributed by atoms with Crippen LogP contribution in [-0.4, -0.2) is 37.7 Å². The molecule has 0 bridgehead atoms. The van der Waals surface area contributed by atoms with Crippen molar-refractivity contribution in [3.05, 3.63) is 11.9 Å². The van der Waals surface area contributed by atoms with E-state index in [9.17, 15) is 4.39 Å². The third-order valence-electron chi connectivity index (χ3n) is 3.59. The van der Waals surface area contributed by atoms with Crippen LogP contribution in [0.4, 0.5) is 4.39 Å². The fourth-order valence-electron chi connectivity index (χ4n) is 2.58. The summed E-state index contributed by atoms with van der Waals surface area (Å²) in [7, 11) is 0. The first-order valence-electron chi connectivity index (χ1n) is 6.40. The van der Waals surface area contributed by atoms with Gasteiger partial charge in [-0.25, -0.2) is 4.39 Å². The minimum Gasteiger partial charge on any atom is -0.380 e. The van der Waals surface area contributed by atoms with E-state index in [4.69, 9.17) is 4.74 Å². The largest absolute Gasteiger partial charge is 0.380 e. The SMILES string of the molecule is CC.CCN1CC/C(=C\F)[C@@]2(CCOC2)C1. The molecule has 0 N–H and O–H groups in total. The van der Waals surface area contributed by atoms with Crippen LogP contribution in [0.5, 0.6) is 0 Å². The number of hydrogen-bond acceptors (Lipinski definition) is 2. The molecule has 3 heteroatoms. The highest BCUT2D eigenvalue weighted by Gasteiger charge is 2.42. The van der Waals surface area contributed by atoms with Crippen molar-refractivity contribution in [1.29, 1.82) is 0 Å². The molecule has 0 saturated carbocycles. The molecular formula is C13H24FNO. The minimum atomic E-state index is 0.00299. The standard InChI is InChI=1S/C11H18FNO.C2H6/c1-2-13-5-3-10(7-12)11(8-13)4-6-14-9-11;1-2/h7H,2-6,8-9H2,1H3;1-2H3/b10-7+;/t11-;/m0./s1. The Bertz CT molecular complexity index is 234. The number of halogens is 1. The smallest absolute Gasteiger partial charge is 0.0866 e. The molecule has 0 radical (unpaired) electrons. The van der Waals surface area contributed by atoms with Gasteiger partial charge in [-0.3, -0.25) is 0 Å². The molecule has 2 rings (SSSR count). The number of piperidine rings is 1. The van der Waals surface area contributed by atoms with Gasteiger partial charge in [-0.2, -0.15) is 0 Å². The van der Waals surface area contributed by atoms with Gasteiger partial charge >= 0.3 is 0 Å². The molecule has 94 valence electrons. The second-order valence-corrected chi connectivity index (χ2v) is 4.34. The van der Waals surface area contributed by atoms with E-state index >= 15 is 0 Å². The van der Waals surface area contributed by atoms with Crippen molar-refractivity contribution in [2.24, 2.45) is 5.41 Å². The average molecular weight is 229 g/mol. The Kier molecular flexibility index (Phi) is 5.42. The molecule has 16 heavy (non-hydrogen) atoms. The maximum Gasteiger partial charge on any atom is 0.0866 e. The first kappa shape index (κ1) is 13.7. The van der Waals surface area contributed by atoms with Crippen LogP contribution in [0.2, 0.25) is 0 Å². The molecule has 0 aromatic carbocycles. The lowest BCUT2D eigenvalue weighted by Crippen LogP contribution is -2.45. The van der Waals surface area contributed by atoms with Gasteiger partial charge in [0.25, 0.3) is 0 Å². The van der Waals surface area contributed by atoms with Gasteiger partial charge in [0.15, 0.2) is 0 Å². The van der Waals surface area contributed by atoms with E-state index in [1.807, 2.05) is 13.8 Å². The summed E-state index contributed by atoms with van der Waals surface area (Å²) in [6, 6.07) is 0. The zero-order valence-corrected chi connectivity index (χ0v) is 10.8. The van der Waals surface area contributed by atoms with Crippen molar-refractivity contribution >= 4 is 0 Å². The number of hydrogen-bond donors (Lipinski definition) is 0. The highest BCUT2D eigenvalue weighted by molar-refractivity contribution is 5.18. The van der Waals surface area contributed by atoms with Crippen LogP contribution in [0.25, 0.3) is 0 Å². The first-order chi connectivity index (χ1) is 7.80. The summed E-state index contributed by atoms with van der Waals surface area (Å²) in [6.07, 6.45) is 2.68. The van der Waals surface area contributed by atoms with Crippen molar-refractivity contribution in [3.63, 3.8) is 0 Å². The maximum absolute atomic E-state index is 12.8. The maximum atomic E-state index is 12.8. The van der Waals surface area contributed by atoms with Crippen molar-refractivity contribution in [2.75, 3.05) is 32.8 Å². The van der Waals surface area contributed by atoms with E-state index in [2.05, 4.69) is 11.8 Å². The van der Waals surface area contributed by atoms with Crippen LogP contribution in [0.3, 0.4) is 0 Å². The van der Waals surface area contributed by atoms with E-state index in [0.29, 0.717) is 6.61 Å². The van der Waals surface area contributed by atoms with Gasteiger partial charge in [0.05, 0.1) is 12.9 Å². The molecule has 2 heterocycles. The molecule has 0 aromatic heterocycles. The lowest BCUT2D eigenvalue weighted by atomic mass is 9.75. The Morgan fingerprint density at radius 1 is 1.50 bits per heavy atom. The van der Waals surface area contributed by atoms with Crippen molar-refractivity contribution in [3.8, 4) is 0 Å². The zero-order chi connectivity index (χ0) is 12.0. The van der Waals surface area contributed by atoms with Crippen molar-refractivity contribution < 1.29 is 9.13 Å². The topological polar surface area (TPSA) is 12.5 Å². The van der Waals surface area contributed by atoms with Crippen LogP contribution in [0.15, 0.2) is 11.9 Å². The summed E-state index contributed by atoms with van der Waals surface area (Å²) < 4.78 is 18.2. The van der Waals surface area contributed by atoms with Gasteiger partial charge < -0.3 is 9.64 Å². The fraction of sp³-hybridized carbons (Fsp3) is 0.846. The lowest BCUT2D eigenvalue weighted by molar-refractivity contribution is 0.110. The third kappa shape index (κ3) is 2.64. The number of rotatable bonds is 1. The molecule has 0 unspecified atom stereocenters. The van der Waals surface area contributed by atoms with Gasteiger partial charge in [0.1, 0.15) is 0 Å². The molecule has 0 aromatic rings. The third-order valence-corrected chi connectivity index (χ3v) is 3.59. The Morgan fingerprint density at radius 2 is 2.25 bits per heavy atom. The van der Waals surface area contributed by atoms with Gasteiger partial charge in [-0.15, -0.1) is 0 Å². The minimum absolute atomic E-state index is 0.00299. The molecular weight excluding hydrogens is 205 g/mol. The monoisotopic (exact) mass is 229 g/mol.